The van der Waals surface area contributed by atoms with Crippen LogP contribution in [-0.4, -0.2) is 11.0 Å². The van der Waals surface area contributed by atoms with Gasteiger partial charge in [0.2, 0.25) is 0 Å². The average molecular weight is 141 g/mol. The lowest BCUT2D eigenvalue weighted by molar-refractivity contribution is -0.0788. The normalized spacial score (nSPS) is 8.90. The highest BCUT2D eigenvalue weighted by molar-refractivity contribution is 5.88. The first-order chi connectivity index (χ1) is 4.84. The molecule has 0 N–H and O–H groups in total. The first-order valence-corrected chi connectivity index (χ1v) is 2.57. The first-order valence-electron chi connectivity index (χ1n) is 2.57. The third kappa shape index (κ3) is 1.28. The van der Waals surface area contributed by atoms with E-state index >= 15 is 0 Å². The molecule has 0 aliphatic carbocycles. The van der Waals surface area contributed by atoms with Gasteiger partial charge in [0.25, 0.3) is 0 Å². The van der Waals surface area contributed by atoms with Crippen molar-refractivity contribution < 1.29 is 14.3 Å². The molecule has 0 saturated heterocycles. The van der Waals surface area contributed by atoms with Crippen molar-refractivity contribution in [3.63, 3.8) is 0 Å². The molecule has 1 rings (SSSR count). The van der Waals surface area contributed by atoms with Gasteiger partial charge in [-0.15, -0.1) is 0 Å². The third-order valence-electron chi connectivity index (χ3n) is 0.967. The Morgan fingerprint density at radius 1 is 1.70 bits per heavy atom. The summed E-state index contributed by atoms with van der Waals surface area (Å²) in [6.07, 6.45) is 2.71. The fourth-order valence-electron chi connectivity index (χ4n) is 0.528. The van der Waals surface area contributed by atoms with Crippen LogP contribution in [0.2, 0.25) is 0 Å². The van der Waals surface area contributed by atoms with E-state index in [1.807, 2.05) is 0 Å². The Labute approximate surface area is 56.4 Å². The summed E-state index contributed by atoms with van der Waals surface area (Å²) in [4.78, 5) is 16.9. The van der Waals surface area contributed by atoms with E-state index in [4.69, 9.17) is 0 Å². The molecule has 1 aromatic heterocycles. The summed E-state index contributed by atoms with van der Waals surface area (Å²) in [5.41, 5.74) is 0.102. The highest BCUT2D eigenvalue weighted by Gasteiger charge is 2.05. The molecule has 1 heterocycles. The fraction of sp³-hybridized carbons (Fsp3) is 0. The van der Waals surface area contributed by atoms with Gasteiger partial charge < -0.3 is 0 Å². The number of aromatic nitrogens is 1. The van der Waals surface area contributed by atoms with Crippen LogP contribution in [0.15, 0.2) is 24.5 Å². The smallest absolute Gasteiger partial charge is 0.264 e. The molecule has 4 heteroatoms. The minimum absolute atomic E-state index is 0.102. The number of nitrogens with zero attached hydrogens (tertiary/aromatic N) is 1. The largest absolute Gasteiger partial charge is 0.381 e. The quantitative estimate of drug-likeness (QED) is 0.588. The molecule has 0 saturated carbocycles. The molecule has 0 amide bonds. The number of rotatable bonds is 1. The van der Waals surface area contributed by atoms with E-state index < -0.39 is 5.97 Å². The molecule has 0 aliphatic rings. The predicted molar refractivity (Wildman–Crippen MR) is 30.8 cm³/mol. The van der Waals surface area contributed by atoms with Crippen molar-refractivity contribution in [2.45, 2.75) is 0 Å². The van der Waals surface area contributed by atoms with Gasteiger partial charge in [-0.3, -0.25) is 4.98 Å². The van der Waals surface area contributed by atoms with Gasteiger partial charge in [0.1, 0.15) is 0 Å². The Morgan fingerprint density at radius 3 is 3.00 bits per heavy atom. The Hall–Kier alpha value is -1.45. The maximum absolute atomic E-state index is 11.2. The molecule has 0 fully saturated rings. The summed E-state index contributed by atoms with van der Waals surface area (Å²) in [5, 5.41) is 0. The summed E-state index contributed by atoms with van der Waals surface area (Å²) in [5.74, 6) is -1.02. The molecule has 1 aromatic rings. The van der Waals surface area contributed by atoms with Crippen LogP contribution >= 0.6 is 0 Å². The average Bonchev–Trinajstić information content (AvgIpc) is 2.05. The zero-order chi connectivity index (χ0) is 7.40. The Morgan fingerprint density at radius 2 is 2.50 bits per heavy atom. The van der Waals surface area contributed by atoms with Gasteiger partial charge in [-0.25, -0.2) is 9.74 Å². The molecule has 0 aromatic carbocycles. The number of pyridine rings is 1. The number of hydrogen-bond acceptors (Lipinski definition) is 3. The lowest BCUT2D eigenvalue weighted by Gasteiger charge is -1.90. The molecule has 0 radical (unpaired) electrons. The van der Waals surface area contributed by atoms with Crippen molar-refractivity contribution >= 4 is 5.97 Å². The SMILES string of the molecule is O=C(OF)c1cccnc1. The highest BCUT2D eigenvalue weighted by Crippen LogP contribution is 1.97. The molecular weight excluding hydrogens is 137 g/mol. The van der Waals surface area contributed by atoms with Crippen molar-refractivity contribution in [2.24, 2.45) is 0 Å². The molecule has 52 valence electrons. The van der Waals surface area contributed by atoms with Crippen molar-refractivity contribution in [3.8, 4) is 0 Å². The van der Waals surface area contributed by atoms with Gasteiger partial charge in [0.05, 0.1) is 5.56 Å². The lowest BCUT2D eigenvalue weighted by atomic mass is 10.3. The first kappa shape index (κ1) is 6.67. The minimum Gasteiger partial charge on any atom is -0.264 e. The van der Waals surface area contributed by atoms with Crippen LogP contribution in [0.5, 0.6) is 0 Å². The van der Waals surface area contributed by atoms with Gasteiger partial charge >= 0.3 is 5.97 Å². The maximum atomic E-state index is 11.2. The van der Waals surface area contributed by atoms with Gasteiger partial charge in [-0.1, -0.05) is 0 Å². The highest BCUT2D eigenvalue weighted by atomic mass is 19.3. The maximum Gasteiger partial charge on any atom is 0.381 e. The van der Waals surface area contributed by atoms with Crippen LogP contribution in [0.25, 0.3) is 0 Å². The number of carbonyl (C=O) groups is 1. The van der Waals surface area contributed by atoms with E-state index in [1.54, 1.807) is 0 Å². The van der Waals surface area contributed by atoms with E-state index in [0.29, 0.717) is 0 Å². The van der Waals surface area contributed by atoms with E-state index in [1.165, 1.54) is 24.5 Å². The molecule has 0 bridgehead atoms. The predicted octanol–water partition coefficient (Wildman–Crippen LogP) is 1.12. The number of hydrogen-bond donors (Lipinski definition) is 0. The molecular formula is C6H4FNO2. The van der Waals surface area contributed by atoms with Gasteiger partial charge in [0.15, 0.2) is 0 Å². The van der Waals surface area contributed by atoms with E-state index in [0.717, 1.165) is 0 Å². The fourth-order valence-corrected chi connectivity index (χ4v) is 0.528. The number of halogens is 1. The molecule has 0 unspecified atom stereocenters. The number of carbonyl (C=O) groups excluding carboxylic acids is 1. The van der Waals surface area contributed by atoms with Gasteiger partial charge in [0, 0.05) is 16.9 Å². The van der Waals surface area contributed by atoms with Gasteiger partial charge in [-0.05, 0) is 12.1 Å². The van der Waals surface area contributed by atoms with Crippen LogP contribution < -0.4 is 0 Å². The monoisotopic (exact) mass is 141 g/mol. The summed E-state index contributed by atoms with van der Waals surface area (Å²) in [6, 6.07) is 2.93. The van der Waals surface area contributed by atoms with Crippen LogP contribution in [-0.2, 0) is 4.94 Å². The van der Waals surface area contributed by atoms with Gasteiger partial charge in [-0.2, -0.15) is 0 Å². The standard InChI is InChI=1S/C6H4FNO2/c7-10-6(9)5-2-1-3-8-4-5/h1-4H. The van der Waals surface area contributed by atoms with Crippen molar-refractivity contribution in [3.05, 3.63) is 30.1 Å². The van der Waals surface area contributed by atoms with E-state index in [9.17, 15) is 9.32 Å². The van der Waals surface area contributed by atoms with E-state index in [2.05, 4.69) is 9.93 Å². The second-order valence-corrected chi connectivity index (χ2v) is 1.61. The second kappa shape index (κ2) is 2.91. The topological polar surface area (TPSA) is 39.2 Å². The van der Waals surface area contributed by atoms with E-state index in [-0.39, 0.29) is 5.56 Å². The van der Waals surface area contributed by atoms with Crippen LogP contribution in [0, 0.1) is 0 Å². The summed E-state index contributed by atoms with van der Waals surface area (Å²) >= 11 is 0. The summed E-state index contributed by atoms with van der Waals surface area (Å²) in [6.45, 7) is 0. The van der Waals surface area contributed by atoms with Crippen LogP contribution in [0.1, 0.15) is 10.4 Å². The summed E-state index contributed by atoms with van der Waals surface area (Å²) in [7, 11) is 0. The van der Waals surface area contributed by atoms with Crippen molar-refractivity contribution in [1.82, 2.24) is 4.98 Å². The minimum atomic E-state index is -1.02. The summed E-state index contributed by atoms with van der Waals surface area (Å²) < 4.78 is 11.2. The third-order valence-corrected chi connectivity index (χ3v) is 0.967. The molecule has 3 nitrogen and oxygen atoms in total. The molecule has 0 aliphatic heterocycles. The Balaban J connectivity index is 2.85. The Bertz CT molecular complexity index is 224. The molecule has 10 heavy (non-hydrogen) atoms. The van der Waals surface area contributed by atoms with Crippen molar-refractivity contribution in [2.75, 3.05) is 0 Å². The van der Waals surface area contributed by atoms with Crippen molar-refractivity contribution in [1.29, 1.82) is 0 Å². The second-order valence-electron chi connectivity index (χ2n) is 1.61. The Kier molecular flexibility index (Phi) is 1.94. The van der Waals surface area contributed by atoms with Crippen LogP contribution in [0.4, 0.5) is 4.53 Å². The zero-order valence-electron chi connectivity index (χ0n) is 4.95. The van der Waals surface area contributed by atoms with Crippen LogP contribution in [0.3, 0.4) is 0 Å². The zero-order valence-corrected chi connectivity index (χ0v) is 4.95. The molecule has 0 atom stereocenters. The lowest BCUT2D eigenvalue weighted by Crippen LogP contribution is -1.97. The molecule has 0 spiro atoms.